The molecular weight excluding hydrogens is 810 g/mol. The second kappa shape index (κ2) is 18.1. The fourth-order valence-electron chi connectivity index (χ4n) is 7.06. The average Bonchev–Trinajstić information content (AvgIpc) is 3.86. The van der Waals surface area contributed by atoms with Crippen LogP contribution in [0.4, 0.5) is 10.5 Å². The number of phenolic OH excluding ortho intramolecular Hbond substituents is 2. The van der Waals surface area contributed by atoms with Gasteiger partial charge in [0.15, 0.2) is 5.82 Å². The van der Waals surface area contributed by atoms with E-state index in [9.17, 15) is 24.6 Å². The highest BCUT2D eigenvalue weighted by atomic mass is 35.5. The van der Waals surface area contributed by atoms with E-state index in [4.69, 9.17) is 26.1 Å². The zero-order valence-electron chi connectivity index (χ0n) is 33.7. The molecule has 5 aromatic rings. The van der Waals surface area contributed by atoms with Crippen LogP contribution in [0.3, 0.4) is 0 Å². The molecule has 314 valence electrons. The monoisotopic (exact) mass is 855 g/mol. The maximum atomic E-state index is 13.2. The molecule has 7 rings (SSSR count). The molecule has 2 aliphatic rings. The number of rotatable bonds is 15. The molecule has 0 radical (unpaired) electrons. The van der Waals surface area contributed by atoms with E-state index < -0.39 is 18.2 Å². The Hall–Kier alpha value is -6.01. The molecule has 1 saturated heterocycles. The number of urea groups is 1. The first-order chi connectivity index (χ1) is 28.8. The number of hydrazine groups is 1. The highest BCUT2D eigenvalue weighted by Gasteiger charge is 2.36. The van der Waals surface area contributed by atoms with Crippen LogP contribution in [0, 0.1) is 20.8 Å². The van der Waals surface area contributed by atoms with Gasteiger partial charge in [-0.15, -0.1) is 21.5 Å². The van der Waals surface area contributed by atoms with Gasteiger partial charge in [-0.05, 0) is 80.3 Å². The first-order valence-corrected chi connectivity index (χ1v) is 20.6. The number of halogens is 1. The van der Waals surface area contributed by atoms with Gasteiger partial charge >= 0.3 is 6.03 Å². The van der Waals surface area contributed by atoms with Crippen LogP contribution in [0.5, 0.6) is 17.2 Å². The van der Waals surface area contributed by atoms with E-state index in [-0.39, 0.29) is 68.6 Å². The number of aryl methyl sites for hydroxylation is 2. The second-order valence-electron chi connectivity index (χ2n) is 14.7. The number of phenols is 2. The number of fused-ring (bicyclic) bond motifs is 3. The minimum atomic E-state index is -0.721. The first kappa shape index (κ1) is 42.1. The van der Waals surface area contributed by atoms with Gasteiger partial charge in [-0.3, -0.25) is 29.5 Å². The van der Waals surface area contributed by atoms with Crippen LogP contribution in [0.25, 0.3) is 5.00 Å². The molecule has 1 unspecified atom stereocenters. The predicted octanol–water partition coefficient (Wildman–Crippen LogP) is 5.79. The highest BCUT2D eigenvalue weighted by Crippen LogP contribution is 2.41. The third-order valence-corrected chi connectivity index (χ3v) is 11.7. The summed E-state index contributed by atoms with van der Waals surface area (Å²) in [6.45, 7) is 10.6. The molecule has 2 atom stereocenters. The minimum Gasteiger partial charge on any atom is -0.508 e. The molecular formula is C42H46ClN9O7S. The summed E-state index contributed by atoms with van der Waals surface area (Å²) in [6.07, 6.45) is -0.767. The van der Waals surface area contributed by atoms with Crippen LogP contribution in [0.2, 0.25) is 5.02 Å². The fraction of sp³-hybridized carbons (Fsp3) is 0.333. The van der Waals surface area contributed by atoms with Crippen molar-refractivity contribution in [2.24, 2.45) is 4.99 Å². The summed E-state index contributed by atoms with van der Waals surface area (Å²) < 4.78 is 13.4. The number of anilines is 1. The number of ether oxygens (including phenoxy) is 2. The number of benzene rings is 3. The molecule has 4 heterocycles. The van der Waals surface area contributed by atoms with E-state index in [2.05, 4.69) is 45.5 Å². The maximum absolute atomic E-state index is 13.2. The maximum Gasteiger partial charge on any atom is 0.337 e. The van der Waals surface area contributed by atoms with Crippen molar-refractivity contribution in [1.29, 1.82) is 0 Å². The highest BCUT2D eigenvalue weighted by molar-refractivity contribution is 7.15. The topological polar surface area (TPSA) is 205 Å². The Morgan fingerprint density at radius 3 is 2.43 bits per heavy atom. The number of aliphatic imine (C=N–C) groups is 1. The van der Waals surface area contributed by atoms with Crippen LogP contribution in [0.1, 0.15) is 82.7 Å². The number of aromatic nitrogens is 3. The summed E-state index contributed by atoms with van der Waals surface area (Å²) in [5, 5.41) is 36.6. The lowest BCUT2D eigenvalue weighted by Gasteiger charge is -2.25. The number of carbonyl (C=O) groups excluding carboxylic acids is 3. The molecule has 3 aromatic carbocycles. The van der Waals surface area contributed by atoms with Gasteiger partial charge in [0.1, 0.15) is 46.9 Å². The summed E-state index contributed by atoms with van der Waals surface area (Å²) in [5.74, 6) is 0.895. The van der Waals surface area contributed by atoms with Crippen molar-refractivity contribution in [3.8, 4) is 22.2 Å². The summed E-state index contributed by atoms with van der Waals surface area (Å²) in [5.41, 5.74) is 10.8. The van der Waals surface area contributed by atoms with Crippen molar-refractivity contribution in [3.05, 3.63) is 110 Å². The predicted molar refractivity (Wildman–Crippen MR) is 227 cm³/mol. The van der Waals surface area contributed by atoms with E-state index in [1.54, 1.807) is 41.7 Å². The lowest BCUT2D eigenvalue weighted by molar-refractivity contribution is -0.126. The average molecular weight is 856 g/mol. The van der Waals surface area contributed by atoms with E-state index in [1.165, 1.54) is 11.0 Å². The van der Waals surface area contributed by atoms with Gasteiger partial charge in [0.05, 0.1) is 31.9 Å². The number of aromatic hydroxyl groups is 2. The lowest BCUT2D eigenvalue weighted by atomic mass is 9.97. The number of amides is 4. The Labute approximate surface area is 355 Å². The van der Waals surface area contributed by atoms with Gasteiger partial charge in [-0.1, -0.05) is 37.6 Å². The minimum absolute atomic E-state index is 0.00184. The van der Waals surface area contributed by atoms with Gasteiger partial charge < -0.3 is 30.3 Å². The van der Waals surface area contributed by atoms with E-state index >= 15 is 0 Å². The molecule has 6 N–H and O–H groups in total. The van der Waals surface area contributed by atoms with Gasteiger partial charge in [0, 0.05) is 44.9 Å². The molecule has 1 fully saturated rings. The van der Waals surface area contributed by atoms with Gasteiger partial charge in [0.2, 0.25) is 11.8 Å². The van der Waals surface area contributed by atoms with Crippen LogP contribution in [-0.4, -0.2) is 81.4 Å². The fourth-order valence-corrected chi connectivity index (χ4v) is 8.40. The Balaban J connectivity index is 0.858. The number of nitrogens with one attached hydrogen (secondary N) is 4. The Bertz CT molecular complexity index is 2430. The van der Waals surface area contributed by atoms with Crippen molar-refractivity contribution in [2.75, 3.05) is 37.8 Å². The Kier molecular flexibility index (Phi) is 12.7. The number of hydrogen-bond donors (Lipinski definition) is 6. The third kappa shape index (κ3) is 8.94. The molecule has 0 saturated carbocycles. The number of thiophene rings is 1. The van der Waals surface area contributed by atoms with E-state index in [0.717, 1.165) is 32.3 Å². The zero-order chi connectivity index (χ0) is 42.7. The molecule has 2 aromatic heterocycles. The molecule has 60 heavy (non-hydrogen) atoms. The quantitative estimate of drug-likeness (QED) is 0.0700. The molecule has 0 bridgehead atoms. The molecule has 4 amide bonds. The summed E-state index contributed by atoms with van der Waals surface area (Å²) in [4.78, 5) is 46.3. The molecule has 0 aliphatic carbocycles. The molecule has 2 aliphatic heterocycles. The summed E-state index contributed by atoms with van der Waals surface area (Å²) >= 11 is 7.83. The summed E-state index contributed by atoms with van der Waals surface area (Å²) in [7, 11) is 0. The first-order valence-electron chi connectivity index (χ1n) is 19.4. The Morgan fingerprint density at radius 2 is 1.70 bits per heavy atom. The van der Waals surface area contributed by atoms with Crippen LogP contribution in [0.15, 0.2) is 65.7 Å². The summed E-state index contributed by atoms with van der Waals surface area (Å²) in [6, 6.07) is 16.2. The van der Waals surface area contributed by atoms with Crippen molar-refractivity contribution < 1.29 is 34.1 Å². The van der Waals surface area contributed by atoms with Crippen molar-refractivity contribution >= 4 is 52.2 Å². The largest absolute Gasteiger partial charge is 0.508 e. The van der Waals surface area contributed by atoms with E-state index in [1.807, 2.05) is 49.6 Å². The normalized spacial score (nSPS) is 15.9. The SMILES string of the molecule is Cc1sc2c(c1C)C(c1ccc(Cl)cc1)=N[C@@H](CC(=O)NCC(=O)NCCOCCOc1ccc(N3C(=O)NNC3c3cc(C(C)C)c(O)cc3O)cc1)c1nnc(C)n1-2. The molecule has 16 nitrogen and oxygen atoms in total. The van der Waals surface area contributed by atoms with Crippen LogP contribution in [-0.2, 0) is 14.3 Å². The van der Waals surface area contributed by atoms with Gasteiger partial charge in [-0.25, -0.2) is 10.2 Å². The van der Waals surface area contributed by atoms with Crippen molar-refractivity contribution in [1.82, 2.24) is 36.2 Å². The lowest BCUT2D eigenvalue weighted by Crippen LogP contribution is -2.38. The Morgan fingerprint density at radius 1 is 0.950 bits per heavy atom. The van der Waals surface area contributed by atoms with E-state index in [0.29, 0.717) is 39.2 Å². The standard InChI is InChI=1S/C42H46ClN9O7S/c1-22(2)30-18-31(34(54)20-33(30)53)39-48-50-42(57)52(39)28-10-12-29(13-11-28)59-17-16-58-15-14-44-36(56)21-45-35(55)19-32-40-49-47-25(5)51(40)41-37(23(3)24(4)60-41)38(46-32)26-6-8-27(43)9-7-26/h6-13,18,20,22,32,39,48,53-54H,14-17,19,21H2,1-5H3,(H,44,56)(H,45,55)(H,50,57)/t32-,39?/m0/s1. The van der Waals surface area contributed by atoms with Crippen LogP contribution < -0.4 is 31.1 Å². The smallest absolute Gasteiger partial charge is 0.337 e. The number of hydrogen-bond acceptors (Lipinski definition) is 12. The number of carbonyl (C=O) groups is 3. The van der Waals surface area contributed by atoms with Crippen molar-refractivity contribution in [2.45, 2.75) is 59.2 Å². The molecule has 18 heteroatoms. The van der Waals surface area contributed by atoms with Gasteiger partial charge in [-0.2, -0.15) is 0 Å². The second-order valence-corrected chi connectivity index (χ2v) is 16.3. The van der Waals surface area contributed by atoms with Crippen LogP contribution >= 0.6 is 22.9 Å². The van der Waals surface area contributed by atoms with Crippen molar-refractivity contribution in [3.63, 3.8) is 0 Å². The zero-order valence-corrected chi connectivity index (χ0v) is 35.3. The van der Waals surface area contributed by atoms with Gasteiger partial charge in [0.25, 0.3) is 0 Å². The third-order valence-electron chi connectivity index (χ3n) is 10.2. The number of nitrogens with zero attached hydrogens (tertiary/aromatic N) is 5. The molecule has 0 spiro atoms.